The second-order valence-electron chi connectivity index (χ2n) is 6.03. The Morgan fingerprint density at radius 1 is 1.14 bits per heavy atom. The molecule has 1 aromatic carbocycles. The van der Waals surface area contributed by atoms with Crippen molar-refractivity contribution in [2.75, 3.05) is 14.1 Å². The molecule has 3 rings (SSSR count). The van der Waals surface area contributed by atoms with Crippen LogP contribution in [-0.4, -0.2) is 37.6 Å². The van der Waals surface area contributed by atoms with E-state index in [-0.39, 0.29) is 29.2 Å². The van der Waals surface area contributed by atoms with Gasteiger partial charge >= 0.3 is 0 Å². The van der Waals surface area contributed by atoms with E-state index in [0.717, 1.165) is 4.31 Å². The summed E-state index contributed by atoms with van der Waals surface area (Å²) in [6.07, 6.45) is 1.57. The number of furan rings is 1. The van der Waals surface area contributed by atoms with Gasteiger partial charge in [-0.25, -0.2) is 17.7 Å². The molecular weight excluding hydrogens is 396 g/mol. The molecule has 0 aliphatic carbocycles. The van der Waals surface area contributed by atoms with Crippen LogP contribution in [0.5, 0.6) is 11.6 Å². The lowest BCUT2D eigenvalue weighted by Crippen LogP contribution is -2.21. The van der Waals surface area contributed by atoms with Crippen molar-refractivity contribution in [3.8, 4) is 11.6 Å². The Labute approximate surface area is 168 Å². The molecule has 10 heteroatoms. The lowest BCUT2D eigenvalue weighted by Gasteiger charge is -2.09. The van der Waals surface area contributed by atoms with Crippen LogP contribution in [0.2, 0.25) is 0 Å². The van der Waals surface area contributed by atoms with Crippen LogP contribution in [0.3, 0.4) is 0 Å². The van der Waals surface area contributed by atoms with Gasteiger partial charge in [0, 0.05) is 20.3 Å². The Morgan fingerprint density at radius 2 is 1.90 bits per heavy atom. The summed E-state index contributed by atoms with van der Waals surface area (Å²) in [6, 6.07) is 15.4. The van der Waals surface area contributed by atoms with Gasteiger partial charge in [-0.15, -0.1) is 0 Å². The Morgan fingerprint density at radius 3 is 2.62 bits per heavy atom. The number of benzene rings is 1. The lowest BCUT2D eigenvalue weighted by molar-refractivity contribution is 0.111. The first-order chi connectivity index (χ1) is 13.9. The second-order valence-corrected chi connectivity index (χ2v) is 8.11. The van der Waals surface area contributed by atoms with Crippen molar-refractivity contribution in [2.24, 2.45) is 10.9 Å². The van der Waals surface area contributed by atoms with Gasteiger partial charge in [0.15, 0.2) is 12.4 Å². The Balaban J connectivity index is 1.69. The molecule has 2 aromatic heterocycles. The van der Waals surface area contributed by atoms with E-state index in [1.165, 1.54) is 26.2 Å². The molecular formula is C19H20N4O5S. The van der Waals surface area contributed by atoms with Crippen molar-refractivity contribution in [3.05, 3.63) is 72.1 Å². The first-order valence-corrected chi connectivity index (χ1v) is 9.97. The molecule has 2 heterocycles. The number of aromatic nitrogens is 1. The van der Waals surface area contributed by atoms with Gasteiger partial charge in [-0.2, -0.15) is 0 Å². The molecule has 29 heavy (non-hydrogen) atoms. The highest BCUT2D eigenvalue weighted by Crippen LogP contribution is 2.22. The summed E-state index contributed by atoms with van der Waals surface area (Å²) in [5, 5.41) is 3.68. The summed E-state index contributed by atoms with van der Waals surface area (Å²) in [4.78, 5) is 9.38. The Hall–Kier alpha value is -3.37. The number of para-hydroxylation sites is 1. The highest BCUT2D eigenvalue weighted by molar-refractivity contribution is 7.88. The number of hydrogen-bond donors (Lipinski definition) is 1. The number of pyridine rings is 1. The number of ether oxygens (including phenoxy) is 1. The van der Waals surface area contributed by atoms with E-state index in [4.69, 9.17) is 19.7 Å². The van der Waals surface area contributed by atoms with E-state index in [1.807, 2.05) is 18.2 Å². The van der Waals surface area contributed by atoms with E-state index in [9.17, 15) is 8.42 Å². The predicted octanol–water partition coefficient (Wildman–Crippen LogP) is 2.55. The third-order valence-electron chi connectivity index (χ3n) is 3.75. The van der Waals surface area contributed by atoms with Crippen molar-refractivity contribution < 1.29 is 22.4 Å². The van der Waals surface area contributed by atoms with Crippen LogP contribution in [0.15, 0.2) is 75.5 Å². The SMILES string of the molecule is CN(C)S(=O)(=O)c1ccc(CO/N=C(/N)c2cccnc2Oc2ccccc2)o1. The van der Waals surface area contributed by atoms with E-state index >= 15 is 0 Å². The maximum absolute atomic E-state index is 12.0. The van der Waals surface area contributed by atoms with E-state index < -0.39 is 10.0 Å². The lowest BCUT2D eigenvalue weighted by atomic mass is 10.2. The summed E-state index contributed by atoms with van der Waals surface area (Å²) in [5.74, 6) is 1.22. The monoisotopic (exact) mass is 416 g/mol. The molecule has 2 N–H and O–H groups in total. The molecule has 0 aliphatic heterocycles. The smallest absolute Gasteiger partial charge is 0.275 e. The van der Waals surface area contributed by atoms with Crippen LogP contribution in [0.25, 0.3) is 0 Å². The largest absolute Gasteiger partial charge is 0.444 e. The van der Waals surface area contributed by atoms with Gasteiger partial charge in [0.1, 0.15) is 11.5 Å². The van der Waals surface area contributed by atoms with Crippen LogP contribution in [0.1, 0.15) is 11.3 Å². The summed E-state index contributed by atoms with van der Waals surface area (Å²) in [6.45, 7) is -0.0984. The average molecular weight is 416 g/mol. The van der Waals surface area contributed by atoms with Gasteiger partial charge in [0.2, 0.25) is 11.0 Å². The standard InChI is InChI=1S/C19H20N4O5S/c1-23(2)29(24,25)17-11-10-15(27-17)13-26-22-18(20)16-9-6-12-21-19(16)28-14-7-4-3-5-8-14/h3-12H,13H2,1-2H3,(H2,20,22). The third kappa shape index (κ3) is 4.92. The molecule has 0 amide bonds. The zero-order chi connectivity index (χ0) is 20.9. The minimum absolute atomic E-state index is 0.0525. The second kappa shape index (κ2) is 8.76. The maximum atomic E-state index is 12.0. The van der Waals surface area contributed by atoms with Gasteiger partial charge in [-0.3, -0.25) is 0 Å². The van der Waals surface area contributed by atoms with Crippen molar-refractivity contribution in [1.82, 2.24) is 9.29 Å². The van der Waals surface area contributed by atoms with Crippen LogP contribution in [0.4, 0.5) is 0 Å². The number of oxime groups is 1. The molecule has 152 valence electrons. The number of nitrogens with two attached hydrogens (primary N) is 1. The van der Waals surface area contributed by atoms with E-state index in [2.05, 4.69) is 10.1 Å². The highest BCUT2D eigenvalue weighted by Gasteiger charge is 2.21. The first-order valence-electron chi connectivity index (χ1n) is 8.53. The van der Waals surface area contributed by atoms with E-state index in [0.29, 0.717) is 11.3 Å². The first kappa shape index (κ1) is 20.4. The predicted molar refractivity (Wildman–Crippen MR) is 106 cm³/mol. The maximum Gasteiger partial charge on any atom is 0.275 e. The zero-order valence-corrected chi connectivity index (χ0v) is 16.7. The molecule has 9 nitrogen and oxygen atoms in total. The van der Waals surface area contributed by atoms with Gasteiger partial charge < -0.3 is 19.7 Å². The van der Waals surface area contributed by atoms with Gasteiger partial charge in [0.25, 0.3) is 10.0 Å². The fourth-order valence-electron chi connectivity index (χ4n) is 2.24. The molecule has 0 bridgehead atoms. The molecule has 0 saturated heterocycles. The highest BCUT2D eigenvalue weighted by atomic mass is 32.2. The van der Waals surface area contributed by atoms with Crippen molar-refractivity contribution in [3.63, 3.8) is 0 Å². The summed E-state index contributed by atoms with van der Waals surface area (Å²) >= 11 is 0. The number of amidine groups is 1. The minimum Gasteiger partial charge on any atom is -0.444 e. The van der Waals surface area contributed by atoms with Crippen LogP contribution < -0.4 is 10.5 Å². The number of nitrogens with zero attached hydrogens (tertiary/aromatic N) is 3. The van der Waals surface area contributed by atoms with Crippen molar-refractivity contribution in [2.45, 2.75) is 11.7 Å². The average Bonchev–Trinajstić information content (AvgIpc) is 3.19. The molecule has 0 radical (unpaired) electrons. The van der Waals surface area contributed by atoms with E-state index in [1.54, 1.807) is 30.5 Å². The van der Waals surface area contributed by atoms with Gasteiger partial charge in [-0.05, 0) is 36.4 Å². The molecule has 0 unspecified atom stereocenters. The molecule has 0 atom stereocenters. The van der Waals surface area contributed by atoms with Gasteiger partial charge in [-0.1, -0.05) is 23.4 Å². The van der Waals surface area contributed by atoms with Crippen LogP contribution in [0, 0.1) is 0 Å². The fourth-order valence-corrected chi connectivity index (χ4v) is 3.05. The number of sulfonamides is 1. The molecule has 0 aliphatic rings. The third-order valence-corrected chi connectivity index (χ3v) is 5.44. The Kier molecular flexibility index (Phi) is 6.15. The van der Waals surface area contributed by atoms with Crippen molar-refractivity contribution >= 4 is 15.9 Å². The topological polar surface area (TPSA) is 120 Å². The number of rotatable bonds is 8. The van der Waals surface area contributed by atoms with Crippen LogP contribution >= 0.6 is 0 Å². The fraction of sp³-hybridized carbons (Fsp3) is 0.158. The van der Waals surface area contributed by atoms with Crippen LogP contribution in [-0.2, 0) is 21.5 Å². The number of hydrogen-bond acceptors (Lipinski definition) is 7. The van der Waals surface area contributed by atoms with Crippen molar-refractivity contribution in [1.29, 1.82) is 0 Å². The summed E-state index contributed by atoms with van der Waals surface area (Å²) in [7, 11) is -0.813. The molecule has 0 fully saturated rings. The molecule has 3 aromatic rings. The molecule has 0 spiro atoms. The Bertz CT molecular complexity index is 1090. The normalized spacial score (nSPS) is 12.2. The van der Waals surface area contributed by atoms with Gasteiger partial charge in [0.05, 0.1) is 5.56 Å². The molecule has 0 saturated carbocycles. The minimum atomic E-state index is -3.65. The zero-order valence-electron chi connectivity index (χ0n) is 15.8. The summed E-state index contributed by atoms with van der Waals surface area (Å²) in [5.41, 5.74) is 6.45. The summed E-state index contributed by atoms with van der Waals surface area (Å²) < 4.78 is 36.1. The quantitative estimate of drug-likeness (QED) is 0.340.